The van der Waals surface area contributed by atoms with Crippen LogP contribution in [0.2, 0.25) is 0 Å². The van der Waals surface area contributed by atoms with Gasteiger partial charge in [-0.3, -0.25) is 0 Å². The molecule has 0 bridgehead atoms. The molecule has 0 spiro atoms. The molecule has 0 radical (unpaired) electrons. The van der Waals surface area contributed by atoms with Crippen LogP contribution < -0.4 is 0 Å². The Morgan fingerprint density at radius 2 is 1.28 bits per heavy atom. The Bertz CT molecular complexity index is 125. The minimum Gasteiger partial charge on any atom is -0.394 e. The monoisotopic (exact) mass is 266 g/mol. The Labute approximate surface area is 111 Å². The normalized spacial score (nSPS) is 10.3. The van der Waals surface area contributed by atoms with Gasteiger partial charge in [-0.05, 0) is 19.3 Å². The molecule has 0 unspecified atom stereocenters. The smallest absolute Gasteiger partial charge is 0.0701 e. The van der Waals surface area contributed by atoms with Crippen molar-refractivity contribution in [1.82, 2.24) is 0 Å². The summed E-state index contributed by atoms with van der Waals surface area (Å²) in [5, 5.41) is 16.6. The van der Waals surface area contributed by atoms with Crippen LogP contribution in [0.15, 0.2) is 0 Å². The first kappa shape index (κ1) is 20.1. The van der Waals surface area contributed by atoms with E-state index in [1.165, 1.54) is 0 Å². The van der Waals surface area contributed by atoms with Crippen LogP contribution in [0.3, 0.4) is 0 Å². The molecule has 0 heterocycles. The molecule has 5 heteroatoms. The summed E-state index contributed by atoms with van der Waals surface area (Å²) in [6, 6.07) is 0. The number of aliphatic hydroxyl groups is 2. The fraction of sp³-hybridized carbons (Fsp3) is 1.00. The second kappa shape index (κ2) is 19.1. The van der Waals surface area contributed by atoms with Gasteiger partial charge in [-0.1, -0.05) is 13.8 Å². The highest BCUT2D eigenvalue weighted by Crippen LogP contribution is 1.97. The van der Waals surface area contributed by atoms with Crippen molar-refractivity contribution in [1.29, 1.82) is 0 Å². The zero-order valence-electron chi connectivity index (χ0n) is 12.1. The van der Waals surface area contributed by atoms with E-state index in [0.29, 0.717) is 32.3 Å². The molecule has 0 saturated heterocycles. The summed E-state index contributed by atoms with van der Waals surface area (Å²) in [5.41, 5.74) is 0. The highest BCUT2D eigenvalue weighted by atomic mass is 16.5. The topological polar surface area (TPSA) is 68.2 Å². The molecule has 0 rings (SSSR count). The van der Waals surface area contributed by atoms with Crippen LogP contribution >= 0.6 is 0 Å². The average Bonchev–Trinajstić information content (AvgIpc) is 2.35. The standard InChI is InChI=1S/C7H16O2.C6H14O3/c1-7(2)3-5-9-6-4-8;1-2-8-5-6-9-4-3-7/h7-8H,3-6H2,1-2H3;7H,2-6H2,1H3. The van der Waals surface area contributed by atoms with Crippen LogP contribution in [0.1, 0.15) is 27.2 Å². The molecule has 5 nitrogen and oxygen atoms in total. The van der Waals surface area contributed by atoms with E-state index in [0.717, 1.165) is 19.6 Å². The molecule has 0 aromatic heterocycles. The van der Waals surface area contributed by atoms with Gasteiger partial charge in [-0.15, -0.1) is 0 Å². The third-order valence-electron chi connectivity index (χ3n) is 1.89. The van der Waals surface area contributed by atoms with Gasteiger partial charge in [0.1, 0.15) is 0 Å². The van der Waals surface area contributed by atoms with Crippen LogP contribution in [-0.2, 0) is 14.2 Å². The molecule has 2 N–H and O–H groups in total. The second-order valence-corrected chi connectivity index (χ2v) is 4.05. The Balaban J connectivity index is 0. The summed E-state index contributed by atoms with van der Waals surface area (Å²) in [4.78, 5) is 0. The van der Waals surface area contributed by atoms with Gasteiger partial charge in [-0.25, -0.2) is 0 Å². The summed E-state index contributed by atoms with van der Waals surface area (Å²) in [6.07, 6.45) is 1.08. The van der Waals surface area contributed by atoms with Gasteiger partial charge in [0.15, 0.2) is 0 Å². The van der Waals surface area contributed by atoms with Gasteiger partial charge in [-0.2, -0.15) is 0 Å². The van der Waals surface area contributed by atoms with E-state index >= 15 is 0 Å². The van der Waals surface area contributed by atoms with Crippen molar-refractivity contribution in [2.75, 3.05) is 52.9 Å². The maximum atomic E-state index is 8.31. The predicted octanol–water partition coefficient (Wildman–Crippen LogP) is 1.07. The number of ether oxygens (including phenoxy) is 3. The summed E-state index contributed by atoms with van der Waals surface area (Å²) in [7, 11) is 0. The molecule has 0 aromatic carbocycles. The summed E-state index contributed by atoms with van der Waals surface area (Å²) < 4.78 is 14.9. The van der Waals surface area contributed by atoms with Crippen molar-refractivity contribution in [3.05, 3.63) is 0 Å². The van der Waals surface area contributed by atoms with Gasteiger partial charge in [0.05, 0.1) is 39.6 Å². The zero-order valence-corrected chi connectivity index (χ0v) is 12.1. The largest absolute Gasteiger partial charge is 0.394 e. The minimum absolute atomic E-state index is 0.0894. The molecule has 0 amide bonds. The Hall–Kier alpha value is -0.200. The number of hydrogen-bond acceptors (Lipinski definition) is 5. The van der Waals surface area contributed by atoms with E-state index in [2.05, 4.69) is 13.8 Å². The lowest BCUT2D eigenvalue weighted by atomic mass is 10.1. The number of aliphatic hydroxyl groups excluding tert-OH is 2. The van der Waals surface area contributed by atoms with Crippen molar-refractivity contribution in [2.24, 2.45) is 5.92 Å². The predicted molar refractivity (Wildman–Crippen MR) is 71.8 cm³/mol. The minimum atomic E-state index is 0.0894. The molecule has 18 heavy (non-hydrogen) atoms. The molecule has 0 aliphatic rings. The van der Waals surface area contributed by atoms with Crippen LogP contribution in [0, 0.1) is 5.92 Å². The molecular weight excluding hydrogens is 236 g/mol. The van der Waals surface area contributed by atoms with Gasteiger partial charge in [0.25, 0.3) is 0 Å². The van der Waals surface area contributed by atoms with E-state index in [9.17, 15) is 0 Å². The lowest BCUT2D eigenvalue weighted by molar-refractivity contribution is 0.0370. The summed E-state index contributed by atoms with van der Waals surface area (Å²) >= 11 is 0. The first-order valence-corrected chi connectivity index (χ1v) is 6.63. The van der Waals surface area contributed by atoms with Crippen LogP contribution in [0.4, 0.5) is 0 Å². The van der Waals surface area contributed by atoms with Crippen molar-refractivity contribution in [3.8, 4) is 0 Å². The Kier molecular flexibility index (Phi) is 21.4. The van der Waals surface area contributed by atoms with Crippen molar-refractivity contribution >= 4 is 0 Å². The van der Waals surface area contributed by atoms with E-state index in [4.69, 9.17) is 24.4 Å². The maximum absolute atomic E-state index is 8.31. The number of rotatable bonds is 11. The summed E-state index contributed by atoms with van der Waals surface area (Å²) in [6.45, 7) is 10.1. The molecule has 0 fully saturated rings. The highest BCUT2D eigenvalue weighted by molar-refractivity contribution is 4.41. The fourth-order valence-corrected chi connectivity index (χ4v) is 0.914. The van der Waals surface area contributed by atoms with Crippen molar-refractivity contribution in [3.63, 3.8) is 0 Å². The first-order chi connectivity index (χ1) is 8.68. The molecular formula is C13H30O5. The molecule has 0 atom stereocenters. The van der Waals surface area contributed by atoms with Crippen molar-refractivity contribution in [2.45, 2.75) is 27.2 Å². The molecule has 0 aliphatic carbocycles. The van der Waals surface area contributed by atoms with Gasteiger partial charge in [0.2, 0.25) is 0 Å². The maximum Gasteiger partial charge on any atom is 0.0701 e. The second-order valence-electron chi connectivity index (χ2n) is 4.05. The average molecular weight is 266 g/mol. The van der Waals surface area contributed by atoms with E-state index in [-0.39, 0.29) is 13.2 Å². The zero-order chi connectivity index (χ0) is 14.1. The highest BCUT2D eigenvalue weighted by Gasteiger charge is 1.91. The quantitative estimate of drug-likeness (QED) is 0.548. The van der Waals surface area contributed by atoms with Gasteiger partial charge >= 0.3 is 0 Å². The molecule has 0 saturated carbocycles. The first-order valence-electron chi connectivity index (χ1n) is 6.63. The third-order valence-corrected chi connectivity index (χ3v) is 1.89. The molecule has 0 aliphatic heterocycles. The van der Waals surface area contributed by atoms with Gasteiger partial charge in [0, 0.05) is 13.2 Å². The SMILES string of the molecule is CC(C)CCOCCO.CCOCCOCCO. The van der Waals surface area contributed by atoms with Crippen LogP contribution in [0.25, 0.3) is 0 Å². The lowest BCUT2D eigenvalue weighted by Gasteiger charge is -2.03. The van der Waals surface area contributed by atoms with Gasteiger partial charge < -0.3 is 24.4 Å². The van der Waals surface area contributed by atoms with Crippen molar-refractivity contribution < 1.29 is 24.4 Å². The van der Waals surface area contributed by atoms with E-state index in [1.54, 1.807) is 0 Å². The lowest BCUT2D eigenvalue weighted by Crippen LogP contribution is -2.06. The Morgan fingerprint density at radius 3 is 1.72 bits per heavy atom. The van der Waals surface area contributed by atoms with E-state index < -0.39 is 0 Å². The molecule has 0 aromatic rings. The number of hydrogen-bond donors (Lipinski definition) is 2. The van der Waals surface area contributed by atoms with Crippen LogP contribution in [-0.4, -0.2) is 63.1 Å². The third kappa shape index (κ3) is 24.9. The Morgan fingerprint density at radius 1 is 0.778 bits per heavy atom. The summed E-state index contributed by atoms with van der Waals surface area (Å²) in [5.74, 6) is 0.698. The molecule has 112 valence electrons. The van der Waals surface area contributed by atoms with Crippen LogP contribution in [0.5, 0.6) is 0 Å². The van der Waals surface area contributed by atoms with E-state index in [1.807, 2.05) is 6.92 Å². The fourth-order valence-electron chi connectivity index (χ4n) is 0.914.